The highest BCUT2D eigenvalue weighted by Crippen LogP contribution is 2.38. The molecule has 0 heterocycles. The van der Waals surface area contributed by atoms with Crippen molar-refractivity contribution in [3.05, 3.63) is 29.3 Å². The van der Waals surface area contributed by atoms with Crippen molar-refractivity contribution in [2.45, 2.75) is 53.4 Å². The lowest BCUT2D eigenvalue weighted by molar-refractivity contribution is 0.283. The third-order valence-corrected chi connectivity index (χ3v) is 2.91. The van der Waals surface area contributed by atoms with E-state index in [1.807, 2.05) is 6.07 Å². The van der Waals surface area contributed by atoms with E-state index in [4.69, 9.17) is 0 Å². The number of aromatic hydroxyl groups is 1. The van der Waals surface area contributed by atoms with Gasteiger partial charge < -0.3 is 5.11 Å². The standard InChI is InChI=1S/C15H24O/c1-11-9-12(16)7-8-13(11)15(5,6)10-14(2,3)4/h7-9,16H,10H2,1-6H3. The zero-order chi connectivity index (χ0) is 12.6. The van der Waals surface area contributed by atoms with E-state index in [9.17, 15) is 5.11 Å². The summed E-state index contributed by atoms with van der Waals surface area (Å²) in [7, 11) is 0. The van der Waals surface area contributed by atoms with E-state index in [0.29, 0.717) is 11.2 Å². The van der Waals surface area contributed by atoms with Gasteiger partial charge in [0.2, 0.25) is 0 Å². The molecule has 0 atom stereocenters. The molecular formula is C15H24O. The number of phenols is 1. The predicted molar refractivity (Wildman–Crippen MR) is 69.9 cm³/mol. The van der Waals surface area contributed by atoms with Crippen LogP contribution in [0, 0.1) is 12.3 Å². The maximum absolute atomic E-state index is 9.44. The maximum atomic E-state index is 9.44. The fourth-order valence-corrected chi connectivity index (χ4v) is 2.83. The van der Waals surface area contributed by atoms with E-state index in [1.54, 1.807) is 6.07 Å². The Balaban J connectivity index is 3.07. The summed E-state index contributed by atoms with van der Waals surface area (Å²) in [4.78, 5) is 0. The van der Waals surface area contributed by atoms with Crippen LogP contribution >= 0.6 is 0 Å². The molecule has 1 N–H and O–H groups in total. The van der Waals surface area contributed by atoms with Crippen LogP contribution < -0.4 is 0 Å². The first-order valence-corrected chi connectivity index (χ1v) is 5.92. The van der Waals surface area contributed by atoms with Gasteiger partial charge in [-0.1, -0.05) is 40.7 Å². The van der Waals surface area contributed by atoms with E-state index in [1.165, 1.54) is 11.1 Å². The van der Waals surface area contributed by atoms with Crippen LogP contribution in [-0.2, 0) is 5.41 Å². The number of hydrogen-bond acceptors (Lipinski definition) is 1. The van der Waals surface area contributed by atoms with Gasteiger partial charge in [0.1, 0.15) is 5.75 Å². The minimum atomic E-state index is 0.149. The summed E-state index contributed by atoms with van der Waals surface area (Å²) in [5, 5.41) is 9.44. The SMILES string of the molecule is Cc1cc(O)ccc1C(C)(C)CC(C)(C)C. The Hall–Kier alpha value is -0.980. The highest BCUT2D eigenvalue weighted by molar-refractivity contribution is 5.38. The van der Waals surface area contributed by atoms with E-state index in [-0.39, 0.29) is 5.41 Å². The van der Waals surface area contributed by atoms with Gasteiger partial charge in [-0.25, -0.2) is 0 Å². The average Bonchev–Trinajstić information content (AvgIpc) is 1.97. The van der Waals surface area contributed by atoms with Gasteiger partial charge in [0.25, 0.3) is 0 Å². The maximum Gasteiger partial charge on any atom is 0.115 e. The number of rotatable bonds is 2. The van der Waals surface area contributed by atoms with Crippen LogP contribution in [0.3, 0.4) is 0 Å². The average molecular weight is 220 g/mol. The van der Waals surface area contributed by atoms with Crippen molar-refractivity contribution in [3.8, 4) is 5.75 Å². The first-order valence-electron chi connectivity index (χ1n) is 5.92. The van der Waals surface area contributed by atoms with Gasteiger partial charge in [-0.15, -0.1) is 0 Å². The second-order valence-corrected chi connectivity index (χ2v) is 6.62. The fraction of sp³-hybridized carbons (Fsp3) is 0.600. The third kappa shape index (κ3) is 3.26. The molecule has 0 bridgehead atoms. The van der Waals surface area contributed by atoms with Crippen LogP contribution in [0.2, 0.25) is 0 Å². The molecule has 0 saturated carbocycles. The van der Waals surface area contributed by atoms with Crippen LogP contribution in [0.15, 0.2) is 18.2 Å². The molecule has 1 heteroatoms. The monoisotopic (exact) mass is 220 g/mol. The van der Waals surface area contributed by atoms with Gasteiger partial charge in [-0.2, -0.15) is 0 Å². The predicted octanol–water partition coefficient (Wildman–Crippen LogP) is 4.41. The van der Waals surface area contributed by atoms with Gasteiger partial charge >= 0.3 is 0 Å². The largest absolute Gasteiger partial charge is 0.508 e. The quantitative estimate of drug-likeness (QED) is 0.782. The minimum absolute atomic E-state index is 0.149. The van der Waals surface area contributed by atoms with Gasteiger partial charge in [-0.3, -0.25) is 0 Å². The second-order valence-electron chi connectivity index (χ2n) is 6.62. The highest BCUT2D eigenvalue weighted by Gasteiger charge is 2.28. The summed E-state index contributed by atoms with van der Waals surface area (Å²) in [5.74, 6) is 0.354. The first-order chi connectivity index (χ1) is 7.12. The molecule has 0 saturated heterocycles. The molecule has 1 aromatic carbocycles. The van der Waals surface area contributed by atoms with Gasteiger partial charge in [0.15, 0.2) is 0 Å². The molecule has 0 amide bonds. The molecule has 90 valence electrons. The Morgan fingerprint density at radius 1 is 1.06 bits per heavy atom. The first kappa shape index (κ1) is 13.1. The molecule has 0 radical (unpaired) electrons. The van der Waals surface area contributed by atoms with E-state index in [2.05, 4.69) is 47.6 Å². The van der Waals surface area contributed by atoms with Crippen LogP contribution in [0.5, 0.6) is 5.75 Å². The molecule has 1 aromatic rings. The summed E-state index contributed by atoms with van der Waals surface area (Å²) in [6.45, 7) is 13.4. The minimum Gasteiger partial charge on any atom is -0.508 e. The Labute approximate surface area is 99.5 Å². The van der Waals surface area contributed by atoms with Crippen molar-refractivity contribution in [1.82, 2.24) is 0 Å². The Kier molecular flexibility index (Phi) is 3.37. The van der Waals surface area contributed by atoms with Crippen LogP contribution in [0.4, 0.5) is 0 Å². The number of hydrogen-bond donors (Lipinski definition) is 1. The van der Waals surface area contributed by atoms with E-state index >= 15 is 0 Å². The molecule has 0 fully saturated rings. The summed E-state index contributed by atoms with van der Waals surface area (Å²) in [6, 6.07) is 5.68. The molecule has 16 heavy (non-hydrogen) atoms. The summed E-state index contributed by atoms with van der Waals surface area (Å²) in [6.07, 6.45) is 1.13. The van der Waals surface area contributed by atoms with E-state index < -0.39 is 0 Å². The number of benzene rings is 1. The lowest BCUT2D eigenvalue weighted by Crippen LogP contribution is -2.25. The zero-order valence-electron chi connectivity index (χ0n) is 11.4. The Morgan fingerprint density at radius 3 is 2.06 bits per heavy atom. The number of phenolic OH excluding ortho intramolecular Hbond substituents is 1. The molecular weight excluding hydrogens is 196 g/mol. The van der Waals surface area contributed by atoms with Crippen molar-refractivity contribution < 1.29 is 5.11 Å². The van der Waals surface area contributed by atoms with Crippen molar-refractivity contribution in [3.63, 3.8) is 0 Å². The number of aryl methyl sites for hydroxylation is 1. The highest BCUT2D eigenvalue weighted by atomic mass is 16.3. The summed E-state index contributed by atoms with van der Waals surface area (Å²) < 4.78 is 0. The molecule has 1 nitrogen and oxygen atoms in total. The molecule has 0 aliphatic heterocycles. The van der Waals surface area contributed by atoms with Crippen molar-refractivity contribution in [2.24, 2.45) is 5.41 Å². The molecule has 0 aromatic heterocycles. The molecule has 1 rings (SSSR count). The van der Waals surface area contributed by atoms with Gasteiger partial charge in [-0.05, 0) is 47.4 Å². The van der Waals surface area contributed by atoms with Crippen LogP contribution in [0.25, 0.3) is 0 Å². The Morgan fingerprint density at radius 2 is 1.62 bits per heavy atom. The lowest BCUT2D eigenvalue weighted by Gasteiger charge is -2.34. The Bertz CT molecular complexity index is 370. The van der Waals surface area contributed by atoms with Crippen LogP contribution in [0.1, 0.15) is 52.2 Å². The van der Waals surface area contributed by atoms with Crippen LogP contribution in [-0.4, -0.2) is 5.11 Å². The van der Waals surface area contributed by atoms with Crippen molar-refractivity contribution in [1.29, 1.82) is 0 Å². The van der Waals surface area contributed by atoms with Crippen molar-refractivity contribution >= 4 is 0 Å². The summed E-state index contributed by atoms with van der Waals surface area (Å²) >= 11 is 0. The molecule has 0 aliphatic rings. The van der Waals surface area contributed by atoms with Gasteiger partial charge in [0, 0.05) is 0 Å². The second kappa shape index (κ2) is 4.12. The fourth-order valence-electron chi connectivity index (χ4n) is 2.83. The topological polar surface area (TPSA) is 20.2 Å². The third-order valence-electron chi connectivity index (χ3n) is 2.91. The normalized spacial score (nSPS) is 12.9. The van der Waals surface area contributed by atoms with Gasteiger partial charge in [0.05, 0.1) is 0 Å². The van der Waals surface area contributed by atoms with Crippen molar-refractivity contribution in [2.75, 3.05) is 0 Å². The zero-order valence-corrected chi connectivity index (χ0v) is 11.4. The molecule has 0 unspecified atom stereocenters. The lowest BCUT2D eigenvalue weighted by atomic mass is 9.71. The molecule has 0 aliphatic carbocycles. The van der Waals surface area contributed by atoms with E-state index in [0.717, 1.165) is 6.42 Å². The molecule has 0 spiro atoms. The summed E-state index contributed by atoms with van der Waals surface area (Å²) in [5.41, 5.74) is 2.97. The smallest absolute Gasteiger partial charge is 0.115 e.